The third-order valence-electron chi connectivity index (χ3n) is 4.78. The van der Waals surface area contributed by atoms with Crippen molar-refractivity contribution in [1.29, 1.82) is 0 Å². The molecule has 0 radical (unpaired) electrons. The van der Waals surface area contributed by atoms with Crippen LogP contribution in [0.3, 0.4) is 0 Å². The fourth-order valence-electron chi connectivity index (χ4n) is 3.25. The molecule has 0 aliphatic carbocycles. The largest absolute Gasteiger partial charge is 0.383 e. The van der Waals surface area contributed by atoms with Gasteiger partial charge in [0.25, 0.3) is 0 Å². The average Bonchev–Trinajstić information content (AvgIpc) is 2.63. The second kappa shape index (κ2) is 13.3. The van der Waals surface area contributed by atoms with Crippen molar-refractivity contribution in [3.05, 3.63) is 35.4 Å². The van der Waals surface area contributed by atoms with Gasteiger partial charge in [-0.1, -0.05) is 30.7 Å². The highest BCUT2D eigenvalue weighted by molar-refractivity contribution is 14.0. The number of hydrogen-bond donors (Lipinski definition) is 2. The van der Waals surface area contributed by atoms with Crippen LogP contribution in [0.4, 0.5) is 0 Å². The molecule has 1 heterocycles. The maximum Gasteiger partial charge on any atom is 0.191 e. The van der Waals surface area contributed by atoms with Crippen LogP contribution in [0.1, 0.15) is 44.2 Å². The zero-order valence-electron chi connectivity index (χ0n) is 16.5. The summed E-state index contributed by atoms with van der Waals surface area (Å²) in [6.45, 7) is 9.65. The summed E-state index contributed by atoms with van der Waals surface area (Å²) in [6, 6.07) is 9.38. The third kappa shape index (κ3) is 7.80. The number of ether oxygens (including phenoxy) is 1. The van der Waals surface area contributed by atoms with Gasteiger partial charge in [-0.2, -0.15) is 0 Å². The van der Waals surface area contributed by atoms with Crippen molar-refractivity contribution < 1.29 is 4.74 Å². The van der Waals surface area contributed by atoms with Crippen molar-refractivity contribution in [3.8, 4) is 0 Å². The summed E-state index contributed by atoms with van der Waals surface area (Å²) in [4.78, 5) is 7.35. The van der Waals surface area contributed by atoms with Crippen LogP contribution in [0.5, 0.6) is 0 Å². The first-order valence-electron chi connectivity index (χ1n) is 9.56. The van der Waals surface area contributed by atoms with Crippen LogP contribution in [0.15, 0.2) is 29.3 Å². The van der Waals surface area contributed by atoms with Crippen LogP contribution in [-0.4, -0.2) is 50.3 Å². The summed E-state index contributed by atoms with van der Waals surface area (Å²) in [6.07, 6.45) is 4.00. The zero-order valence-corrected chi connectivity index (χ0v) is 18.8. The molecule has 1 atom stereocenters. The number of methoxy groups -OCH3 is 1. The molecule has 0 aromatic heterocycles. The van der Waals surface area contributed by atoms with E-state index >= 15 is 0 Å². The van der Waals surface area contributed by atoms with Gasteiger partial charge >= 0.3 is 0 Å². The highest BCUT2D eigenvalue weighted by atomic mass is 127. The van der Waals surface area contributed by atoms with Crippen molar-refractivity contribution in [2.75, 3.05) is 33.4 Å². The van der Waals surface area contributed by atoms with Crippen LogP contribution in [0.2, 0.25) is 0 Å². The van der Waals surface area contributed by atoms with Crippen molar-refractivity contribution >= 4 is 29.9 Å². The lowest BCUT2D eigenvalue weighted by Crippen LogP contribution is -2.39. The Balaban J connectivity index is 0.00000338. The Bertz CT molecular complexity index is 538. The first kappa shape index (κ1) is 23.2. The van der Waals surface area contributed by atoms with Crippen LogP contribution in [0, 0.1) is 0 Å². The fraction of sp³-hybridized carbons (Fsp3) is 0.650. The Kier molecular flexibility index (Phi) is 11.9. The standard InChI is InChI=1S/C20H34N4O.HI/c1-4-21-20(22-12-14-25-3)23-15-18-10-5-6-11-19(18)16-24-13-8-7-9-17(24)2;/h5-6,10-11,17H,4,7-9,12-16H2,1-3H3,(H2,21,22,23);1H. The van der Waals surface area contributed by atoms with Gasteiger partial charge in [0.1, 0.15) is 0 Å². The van der Waals surface area contributed by atoms with Gasteiger partial charge in [-0.25, -0.2) is 4.99 Å². The Labute approximate surface area is 176 Å². The molecule has 1 aliphatic rings. The molecule has 0 spiro atoms. The molecule has 2 rings (SSSR count). The Hall–Kier alpha value is -0.860. The number of nitrogens with zero attached hydrogens (tertiary/aromatic N) is 2. The van der Waals surface area contributed by atoms with Gasteiger partial charge in [0.15, 0.2) is 5.96 Å². The number of likely N-dealkylation sites (tertiary alicyclic amines) is 1. The van der Waals surface area contributed by atoms with Crippen molar-refractivity contribution in [2.24, 2.45) is 4.99 Å². The summed E-state index contributed by atoms with van der Waals surface area (Å²) in [5.41, 5.74) is 2.71. The van der Waals surface area contributed by atoms with E-state index in [-0.39, 0.29) is 24.0 Å². The predicted molar refractivity (Wildman–Crippen MR) is 120 cm³/mol. The quantitative estimate of drug-likeness (QED) is 0.263. The van der Waals surface area contributed by atoms with Gasteiger partial charge in [-0.15, -0.1) is 24.0 Å². The molecule has 0 amide bonds. The number of rotatable bonds is 8. The minimum absolute atomic E-state index is 0. The lowest BCUT2D eigenvalue weighted by Gasteiger charge is -2.33. The van der Waals surface area contributed by atoms with E-state index in [0.29, 0.717) is 19.2 Å². The number of halogens is 1. The molecule has 1 aromatic rings. The van der Waals surface area contributed by atoms with E-state index in [1.54, 1.807) is 7.11 Å². The second-order valence-electron chi connectivity index (χ2n) is 6.70. The number of hydrogen-bond acceptors (Lipinski definition) is 3. The summed E-state index contributed by atoms with van der Waals surface area (Å²) in [7, 11) is 1.71. The molecule has 1 unspecified atom stereocenters. The van der Waals surface area contributed by atoms with Crippen molar-refractivity contribution in [3.63, 3.8) is 0 Å². The molecule has 6 heteroatoms. The van der Waals surface area contributed by atoms with E-state index < -0.39 is 0 Å². The van der Waals surface area contributed by atoms with E-state index in [1.165, 1.54) is 36.9 Å². The summed E-state index contributed by atoms with van der Waals surface area (Å²) in [5, 5.41) is 6.60. The van der Waals surface area contributed by atoms with Crippen LogP contribution >= 0.6 is 24.0 Å². The van der Waals surface area contributed by atoms with E-state index in [1.807, 2.05) is 0 Å². The minimum Gasteiger partial charge on any atom is -0.383 e. The number of benzene rings is 1. The van der Waals surface area contributed by atoms with Crippen molar-refractivity contribution in [2.45, 2.75) is 52.2 Å². The lowest BCUT2D eigenvalue weighted by atomic mass is 10.0. The SMILES string of the molecule is CCNC(=NCc1ccccc1CN1CCCCC1C)NCCOC.I. The van der Waals surface area contributed by atoms with Crippen molar-refractivity contribution in [1.82, 2.24) is 15.5 Å². The predicted octanol–water partition coefficient (Wildman–Crippen LogP) is 3.38. The van der Waals surface area contributed by atoms with Crippen LogP contribution in [0.25, 0.3) is 0 Å². The molecule has 1 aliphatic heterocycles. The molecular weight excluding hydrogens is 439 g/mol. The summed E-state index contributed by atoms with van der Waals surface area (Å²) in [5.74, 6) is 0.848. The molecule has 5 nitrogen and oxygen atoms in total. The van der Waals surface area contributed by atoms with Gasteiger partial charge in [-0.3, -0.25) is 4.90 Å². The smallest absolute Gasteiger partial charge is 0.191 e. The number of nitrogens with one attached hydrogen (secondary N) is 2. The third-order valence-corrected chi connectivity index (χ3v) is 4.78. The average molecular weight is 474 g/mol. The number of guanidine groups is 1. The Morgan fingerprint density at radius 3 is 2.69 bits per heavy atom. The second-order valence-corrected chi connectivity index (χ2v) is 6.70. The molecule has 0 bridgehead atoms. The molecule has 26 heavy (non-hydrogen) atoms. The van der Waals surface area contributed by atoms with Gasteiger partial charge in [0, 0.05) is 32.8 Å². The molecule has 1 aromatic carbocycles. The van der Waals surface area contributed by atoms with Gasteiger partial charge in [0.05, 0.1) is 13.2 Å². The molecular formula is C20H35IN4O. The van der Waals surface area contributed by atoms with E-state index in [2.05, 4.69) is 53.6 Å². The molecule has 1 fully saturated rings. The van der Waals surface area contributed by atoms with Crippen LogP contribution < -0.4 is 10.6 Å². The highest BCUT2D eigenvalue weighted by Crippen LogP contribution is 2.21. The van der Waals surface area contributed by atoms with Gasteiger partial charge in [0.2, 0.25) is 0 Å². The van der Waals surface area contributed by atoms with E-state index in [4.69, 9.17) is 9.73 Å². The summed E-state index contributed by atoms with van der Waals surface area (Å²) < 4.78 is 5.10. The van der Waals surface area contributed by atoms with E-state index in [9.17, 15) is 0 Å². The van der Waals surface area contributed by atoms with Crippen LogP contribution in [-0.2, 0) is 17.8 Å². The molecule has 2 N–H and O–H groups in total. The minimum atomic E-state index is 0. The van der Waals surface area contributed by atoms with Gasteiger partial charge in [-0.05, 0) is 44.4 Å². The lowest BCUT2D eigenvalue weighted by molar-refractivity contribution is 0.152. The normalized spacial score (nSPS) is 18.3. The first-order chi connectivity index (χ1) is 12.2. The number of aliphatic imine (C=N–C) groups is 1. The Morgan fingerprint density at radius 2 is 2.00 bits per heavy atom. The fourth-order valence-corrected chi connectivity index (χ4v) is 3.25. The number of piperidine rings is 1. The molecule has 148 valence electrons. The maximum atomic E-state index is 5.10. The molecule has 0 saturated carbocycles. The molecule has 1 saturated heterocycles. The summed E-state index contributed by atoms with van der Waals surface area (Å²) >= 11 is 0. The topological polar surface area (TPSA) is 48.9 Å². The first-order valence-corrected chi connectivity index (χ1v) is 9.56. The highest BCUT2D eigenvalue weighted by Gasteiger charge is 2.19. The zero-order chi connectivity index (χ0) is 17.9. The monoisotopic (exact) mass is 474 g/mol. The Morgan fingerprint density at radius 1 is 1.23 bits per heavy atom. The van der Waals surface area contributed by atoms with E-state index in [0.717, 1.165) is 25.6 Å². The maximum absolute atomic E-state index is 5.10. The van der Waals surface area contributed by atoms with Gasteiger partial charge < -0.3 is 15.4 Å².